The van der Waals surface area contributed by atoms with Gasteiger partial charge >= 0.3 is 0 Å². The molecule has 142 valence electrons. The highest BCUT2D eigenvalue weighted by molar-refractivity contribution is 7.99. The number of aromatic nitrogens is 2. The van der Waals surface area contributed by atoms with Crippen molar-refractivity contribution in [2.45, 2.75) is 69.9 Å². The molecule has 2 unspecified atom stereocenters. The average molecular weight is 394 g/mol. The molecular formula is C19H27N3O2S2. The van der Waals surface area contributed by atoms with Gasteiger partial charge in [0.15, 0.2) is 5.16 Å². The van der Waals surface area contributed by atoms with E-state index in [4.69, 9.17) is 19.4 Å². The van der Waals surface area contributed by atoms with Gasteiger partial charge in [-0.3, -0.25) is 0 Å². The van der Waals surface area contributed by atoms with Crippen LogP contribution in [0.25, 0.3) is 10.2 Å². The molecule has 4 heterocycles. The van der Waals surface area contributed by atoms with Crippen LogP contribution in [0.1, 0.15) is 50.5 Å². The van der Waals surface area contributed by atoms with Gasteiger partial charge in [0, 0.05) is 24.4 Å². The molecule has 0 radical (unpaired) electrons. The number of rotatable bonds is 6. The predicted octanol–water partition coefficient (Wildman–Crippen LogP) is 4.64. The van der Waals surface area contributed by atoms with Crippen LogP contribution in [0, 0.1) is 0 Å². The fourth-order valence-corrected chi connectivity index (χ4v) is 5.35. The normalized spacial score (nSPS) is 25.6. The molecule has 2 aliphatic heterocycles. The summed E-state index contributed by atoms with van der Waals surface area (Å²) in [5.41, 5.74) is 1.28. The number of thioether (sulfide) groups is 1. The number of hydrogen-bond acceptors (Lipinski definition) is 7. The topological polar surface area (TPSA) is 56.3 Å². The monoisotopic (exact) mass is 393 g/mol. The number of nitrogens with zero attached hydrogens (tertiary/aromatic N) is 2. The second kappa shape index (κ2) is 7.62. The van der Waals surface area contributed by atoms with E-state index < -0.39 is 0 Å². The molecule has 1 fully saturated rings. The van der Waals surface area contributed by atoms with Crippen molar-refractivity contribution in [3.05, 3.63) is 10.4 Å². The minimum atomic E-state index is -0.0936. The van der Waals surface area contributed by atoms with E-state index in [1.165, 1.54) is 15.8 Å². The lowest BCUT2D eigenvalue weighted by atomic mass is 9.90. The highest BCUT2D eigenvalue weighted by Gasteiger charge is 2.33. The van der Waals surface area contributed by atoms with Gasteiger partial charge in [0.25, 0.3) is 0 Å². The van der Waals surface area contributed by atoms with Gasteiger partial charge in [0.2, 0.25) is 0 Å². The molecule has 0 saturated carbocycles. The van der Waals surface area contributed by atoms with Gasteiger partial charge in [-0.1, -0.05) is 25.6 Å². The van der Waals surface area contributed by atoms with Crippen molar-refractivity contribution < 1.29 is 9.47 Å². The van der Waals surface area contributed by atoms with Crippen LogP contribution in [0.5, 0.6) is 0 Å². The summed E-state index contributed by atoms with van der Waals surface area (Å²) in [5.74, 6) is 1.94. The van der Waals surface area contributed by atoms with Crippen molar-refractivity contribution in [2.75, 3.05) is 24.2 Å². The van der Waals surface area contributed by atoms with Crippen LogP contribution in [0.15, 0.2) is 5.16 Å². The first-order valence-electron chi connectivity index (χ1n) is 9.56. The van der Waals surface area contributed by atoms with E-state index >= 15 is 0 Å². The second-order valence-electron chi connectivity index (χ2n) is 7.26. The fourth-order valence-electron chi connectivity index (χ4n) is 3.62. The lowest BCUT2D eigenvalue weighted by Crippen LogP contribution is -2.34. The predicted molar refractivity (Wildman–Crippen MR) is 108 cm³/mol. The Bertz CT molecular complexity index is 789. The molecule has 0 aliphatic carbocycles. The Morgan fingerprint density at radius 1 is 1.35 bits per heavy atom. The standard InChI is InChI=1S/C19H27N3O2S2/c1-4-19(3)9-13-14(11-24-19)26-17-15(13)16(21-18(22-17)25-5-2)20-10-12-7-6-8-23-12/h12H,4-11H2,1-3H3,(H,20,21,22). The quantitative estimate of drug-likeness (QED) is 0.570. The van der Waals surface area contributed by atoms with E-state index in [0.29, 0.717) is 12.7 Å². The third kappa shape index (κ3) is 3.59. The molecule has 2 atom stereocenters. The second-order valence-corrected chi connectivity index (χ2v) is 9.57. The zero-order valence-electron chi connectivity index (χ0n) is 15.8. The maximum Gasteiger partial charge on any atom is 0.190 e. The number of anilines is 1. The Kier molecular flexibility index (Phi) is 5.41. The maximum atomic E-state index is 6.15. The number of nitrogens with one attached hydrogen (secondary N) is 1. The van der Waals surface area contributed by atoms with Crippen molar-refractivity contribution in [3.8, 4) is 0 Å². The summed E-state index contributed by atoms with van der Waals surface area (Å²) in [6.45, 7) is 8.92. The van der Waals surface area contributed by atoms with E-state index in [9.17, 15) is 0 Å². The Labute approximate surface area is 163 Å². The first kappa shape index (κ1) is 18.5. The molecule has 0 amide bonds. The first-order chi connectivity index (χ1) is 12.6. The highest BCUT2D eigenvalue weighted by Crippen LogP contribution is 2.42. The number of thiophene rings is 1. The summed E-state index contributed by atoms with van der Waals surface area (Å²) < 4.78 is 11.9. The van der Waals surface area contributed by atoms with E-state index in [1.807, 2.05) is 0 Å². The van der Waals surface area contributed by atoms with Gasteiger partial charge in [0.05, 0.1) is 23.7 Å². The Morgan fingerprint density at radius 2 is 2.23 bits per heavy atom. The molecule has 7 heteroatoms. The van der Waals surface area contributed by atoms with E-state index in [-0.39, 0.29) is 5.60 Å². The van der Waals surface area contributed by atoms with E-state index in [0.717, 1.165) is 60.4 Å². The van der Waals surface area contributed by atoms with Crippen molar-refractivity contribution in [1.29, 1.82) is 0 Å². The summed E-state index contributed by atoms with van der Waals surface area (Å²) in [4.78, 5) is 12.1. The summed E-state index contributed by atoms with van der Waals surface area (Å²) >= 11 is 3.46. The third-order valence-electron chi connectivity index (χ3n) is 5.36. The van der Waals surface area contributed by atoms with E-state index in [1.54, 1.807) is 23.1 Å². The Balaban J connectivity index is 1.72. The average Bonchev–Trinajstić information content (AvgIpc) is 3.27. The summed E-state index contributed by atoms with van der Waals surface area (Å²) in [6, 6.07) is 0. The molecule has 1 N–H and O–H groups in total. The van der Waals surface area contributed by atoms with Crippen LogP contribution >= 0.6 is 23.1 Å². The van der Waals surface area contributed by atoms with E-state index in [2.05, 4.69) is 26.1 Å². The van der Waals surface area contributed by atoms with Gasteiger partial charge in [0.1, 0.15) is 10.6 Å². The van der Waals surface area contributed by atoms with Crippen LogP contribution in [0.3, 0.4) is 0 Å². The van der Waals surface area contributed by atoms with Crippen molar-refractivity contribution in [1.82, 2.24) is 9.97 Å². The van der Waals surface area contributed by atoms with Gasteiger partial charge in [-0.15, -0.1) is 11.3 Å². The largest absolute Gasteiger partial charge is 0.376 e. The molecule has 4 rings (SSSR count). The molecule has 0 aromatic carbocycles. The smallest absolute Gasteiger partial charge is 0.190 e. The summed E-state index contributed by atoms with van der Waals surface area (Å²) in [7, 11) is 0. The molecule has 0 bridgehead atoms. The minimum absolute atomic E-state index is 0.0936. The molecule has 5 nitrogen and oxygen atoms in total. The Hall–Kier alpha value is -0.890. The number of hydrogen-bond donors (Lipinski definition) is 1. The SMILES string of the molecule is CCSc1nc(NCC2CCCO2)c2c3c(sc2n1)COC(C)(CC)C3. The van der Waals surface area contributed by atoms with Crippen molar-refractivity contribution >= 4 is 39.1 Å². The summed E-state index contributed by atoms with van der Waals surface area (Å²) in [6.07, 6.45) is 4.51. The number of ether oxygens (including phenoxy) is 2. The number of fused-ring (bicyclic) bond motifs is 3. The van der Waals surface area contributed by atoms with Crippen LogP contribution in [0.4, 0.5) is 5.82 Å². The molecule has 0 spiro atoms. The molecule has 26 heavy (non-hydrogen) atoms. The van der Waals surface area contributed by atoms with Crippen molar-refractivity contribution in [2.24, 2.45) is 0 Å². The van der Waals surface area contributed by atoms with Gasteiger partial charge in [-0.05, 0) is 37.5 Å². The summed E-state index contributed by atoms with van der Waals surface area (Å²) in [5, 5.41) is 5.64. The first-order valence-corrected chi connectivity index (χ1v) is 11.4. The molecular weight excluding hydrogens is 366 g/mol. The van der Waals surface area contributed by atoms with Crippen LogP contribution in [0.2, 0.25) is 0 Å². The van der Waals surface area contributed by atoms with Gasteiger partial charge in [-0.25, -0.2) is 9.97 Å². The molecule has 2 aromatic heterocycles. The zero-order chi connectivity index (χ0) is 18.1. The van der Waals surface area contributed by atoms with Crippen LogP contribution in [-0.4, -0.2) is 40.6 Å². The molecule has 2 aromatic rings. The van der Waals surface area contributed by atoms with Gasteiger partial charge < -0.3 is 14.8 Å². The lowest BCUT2D eigenvalue weighted by Gasteiger charge is -2.33. The fraction of sp³-hybridized carbons (Fsp3) is 0.684. The third-order valence-corrected chi connectivity index (χ3v) is 7.19. The van der Waals surface area contributed by atoms with Crippen LogP contribution in [-0.2, 0) is 22.5 Å². The highest BCUT2D eigenvalue weighted by atomic mass is 32.2. The van der Waals surface area contributed by atoms with Gasteiger partial charge in [-0.2, -0.15) is 0 Å². The maximum absolute atomic E-state index is 6.15. The molecule has 1 saturated heterocycles. The van der Waals surface area contributed by atoms with Crippen molar-refractivity contribution in [3.63, 3.8) is 0 Å². The zero-order valence-corrected chi connectivity index (χ0v) is 17.4. The Morgan fingerprint density at radius 3 is 2.96 bits per heavy atom. The molecule has 2 aliphatic rings. The lowest BCUT2D eigenvalue weighted by molar-refractivity contribution is -0.0542. The minimum Gasteiger partial charge on any atom is -0.376 e. The van der Waals surface area contributed by atoms with Crippen LogP contribution < -0.4 is 5.32 Å².